The van der Waals surface area contributed by atoms with Crippen molar-refractivity contribution >= 4 is 22.4 Å². The molecule has 0 aliphatic carbocycles. The summed E-state index contributed by atoms with van der Waals surface area (Å²) in [5.74, 6) is 0. The quantitative estimate of drug-likeness (QED) is 0.539. The minimum Gasteiger partial charge on any atom is -0.0840 e. The fraction of sp³-hybridized carbons (Fsp3) is 0.0588. The zero-order chi connectivity index (χ0) is 12.5. The Morgan fingerprint density at radius 2 is 1.39 bits per heavy atom. The highest BCUT2D eigenvalue weighted by molar-refractivity contribution is 6.31. The summed E-state index contributed by atoms with van der Waals surface area (Å²) in [5.41, 5.74) is 3.48. The van der Waals surface area contributed by atoms with E-state index in [1.165, 1.54) is 16.3 Å². The van der Waals surface area contributed by atoms with Gasteiger partial charge in [0.05, 0.1) is 0 Å². The molecule has 0 bridgehead atoms. The molecule has 0 amide bonds. The van der Waals surface area contributed by atoms with Gasteiger partial charge in [0, 0.05) is 5.02 Å². The lowest BCUT2D eigenvalue weighted by Crippen LogP contribution is -1.81. The van der Waals surface area contributed by atoms with Gasteiger partial charge < -0.3 is 0 Å². The van der Waals surface area contributed by atoms with Crippen molar-refractivity contribution in [2.24, 2.45) is 0 Å². The molecular formula is C17H13Cl. The van der Waals surface area contributed by atoms with Crippen molar-refractivity contribution in [1.82, 2.24) is 0 Å². The smallest absolute Gasteiger partial charge is 0.0441 e. The molecule has 0 heterocycles. The highest BCUT2D eigenvalue weighted by Gasteiger charge is 2.02. The van der Waals surface area contributed by atoms with Crippen molar-refractivity contribution in [2.45, 2.75) is 6.92 Å². The van der Waals surface area contributed by atoms with E-state index in [0.717, 1.165) is 16.1 Å². The molecule has 3 aromatic carbocycles. The predicted molar refractivity (Wildman–Crippen MR) is 79.1 cm³/mol. The van der Waals surface area contributed by atoms with Crippen molar-refractivity contribution < 1.29 is 0 Å². The highest BCUT2D eigenvalue weighted by atomic mass is 35.5. The average Bonchev–Trinajstić information content (AvgIpc) is 2.41. The third kappa shape index (κ3) is 2.00. The molecule has 3 rings (SSSR count). The summed E-state index contributed by atoms with van der Waals surface area (Å²) in [4.78, 5) is 0. The van der Waals surface area contributed by atoms with Gasteiger partial charge in [-0.3, -0.25) is 0 Å². The minimum atomic E-state index is 0.820. The van der Waals surface area contributed by atoms with E-state index in [0.29, 0.717) is 0 Å². The molecule has 0 unspecified atom stereocenters. The Morgan fingerprint density at radius 3 is 2.17 bits per heavy atom. The van der Waals surface area contributed by atoms with Crippen LogP contribution in [0.15, 0.2) is 60.7 Å². The molecule has 1 heteroatoms. The number of rotatable bonds is 1. The van der Waals surface area contributed by atoms with Gasteiger partial charge in [0.25, 0.3) is 0 Å². The predicted octanol–water partition coefficient (Wildman–Crippen LogP) is 5.47. The molecule has 0 saturated carbocycles. The Balaban J connectivity index is 2.16. The molecule has 0 aromatic heterocycles. The first-order valence-corrected chi connectivity index (χ1v) is 6.37. The van der Waals surface area contributed by atoms with Crippen molar-refractivity contribution in [3.8, 4) is 11.1 Å². The fourth-order valence-electron chi connectivity index (χ4n) is 2.14. The molecule has 0 spiro atoms. The van der Waals surface area contributed by atoms with Gasteiger partial charge in [0.2, 0.25) is 0 Å². The van der Waals surface area contributed by atoms with E-state index in [4.69, 9.17) is 11.6 Å². The summed E-state index contributed by atoms with van der Waals surface area (Å²) in [7, 11) is 0. The van der Waals surface area contributed by atoms with Crippen LogP contribution >= 0.6 is 11.6 Å². The fourth-order valence-corrected chi connectivity index (χ4v) is 2.32. The number of benzene rings is 3. The third-order valence-electron chi connectivity index (χ3n) is 3.25. The molecule has 0 atom stereocenters. The second-order valence-electron chi connectivity index (χ2n) is 4.53. The number of aryl methyl sites for hydroxylation is 1. The van der Waals surface area contributed by atoms with E-state index < -0.39 is 0 Å². The van der Waals surface area contributed by atoms with Gasteiger partial charge in [0.1, 0.15) is 0 Å². The van der Waals surface area contributed by atoms with E-state index in [2.05, 4.69) is 54.6 Å². The van der Waals surface area contributed by atoms with Crippen LogP contribution in [0.3, 0.4) is 0 Å². The molecule has 0 N–H and O–H groups in total. The number of hydrogen-bond acceptors (Lipinski definition) is 0. The van der Waals surface area contributed by atoms with Gasteiger partial charge in [-0.05, 0) is 46.5 Å². The molecule has 0 saturated heterocycles. The average molecular weight is 253 g/mol. The molecule has 18 heavy (non-hydrogen) atoms. The third-order valence-corrected chi connectivity index (χ3v) is 3.66. The molecule has 0 aliphatic rings. The first kappa shape index (κ1) is 11.3. The lowest BCUT2D eigenvalue weighted by atomic mass is 10.0. The maximum absolute atomic E-state index is 6.18. The van der Waals surface area contributed by atoms with Crippen LogP contribution in [0.25, 0.3) is 21.9 Å². The number of hydrogen-bond donors (Lipinski definition) is 0. The number of fused-ring (bicyclic) bond motifs is 1. The summed E-state index contributed by atoms with van der Waals surface area (Å²) in [6.07, 6.45) is 0. The maximum atomic E-state index is 6.18. The summed E-state index contributed by atoms with van der Waals surface area (Å²) in [6, 6.07) is 21.1. The van der Waals surface area contributed by atoms with Crippen LogP contribution in [-0.4, -0.2) is 0 Å². The van der Waals surface area contributed by atoms with E-state index >= 15 is 0 Å². The molecule has 0 aliphatic heterocycles. The van der Waals surface area contributed by atoms with Gasteiger partial charge in [-0.15, -0.1) is 0 Å². The normalized spacial score (nSPS) is 10.8. The SMILES string of the molecule is Cc1ccc(-c2ccc3ccccc3c2)cc1Cl. The van der Waals surface area contributed by atoms with Gasteiger partial charge in [0.15, 0.2) is 0 Å². The second kappa shape index (κ2) is 4.47. The number of halogens is 1. The standard InChI is InChI=1S/C17H13Cl/c1-12-6-7-16(11-17(12)18)15-9-8-13-4-2-3-5-14(13)10-15/h2-11H,1H3. The Morgan fingerprint density at radius 1 is 0.722 bits per heavy atom. The topological polar surface area (TPSA) is 0 Å². The lowest BCUT2D eigenvalue weighted by molar-refractivity contribution is 1.47. The first-order valence-electron chi connectivity index (χ1n) is 5.99. The summed E-state index contributed by atoms with van der Waals surface area (Å²) < 4.78 is 0. The summed E-state index contributed by atoms with van der Waals surface area (Å²) in [6.45, 7) is 2.02. The largest absolute Gasteiger partial charge is 0.0840 e. The van der Waals surface area contributed by atoms with E-state index in [9.17, 15) is 0 Å². The molecule has 0 radical (unpaired) electrons. The molecular weight excluding hydrogens is 240 g/mol. The van der Waals surface area contributed by atoms with E-state index in [1.807, 2.05) is 13.0 Å². The van der Waals surface area contributed by atoms with Crippen LogP contribution in [0.2, 0.25) is 5.02 Å². The van der Waals surface area contributed by atoms with Crippen LogP contribution in [0.1, 0.15) is 5.56 Å². The molecule has 3 aromatic rings. The van der Waals surface area contributed by atoms with Crippen molar-refractivity contribution in [3.05, 3.63) is 71.2 Å². The Kier molecular flexibility index (Phi) is 2.81. The summed E-state index contributed by atoms with van der Waals surface area (Å²) in [5, 5.41) is 3.34. The van der Waals surface area contributed by atoms with E-state index in [1.54, 1.807) is 0 Å². The molecule has 0 nitrogen and oxygen atoms in total. The van der Waals surface area contributed by atoms with Crippen molar-refractivity contribution in [3.63, 3.8) is 0 Å². The van der Waals surface area contributed by atoms with Crippen LogP contribution in [0.5, 0.6) is 0 Å². The van der Waals surface area contributed by atoms with Crippen LogP contribution in [0, 0.1) is 6.92 Å². The van der Waals surface area contributed by atoms with Gasteiger partial charge in [-0.25, -0.2) is 0 Å². The lowest BCUT2D eigenvalue weighted by Gasteiger charge is -2.06. The summed E-state index contributed by atoms with van der Waals surface area (Å²) >= 11 is 6.18. The highest BCUT2D eigenvalue weighted by Crippen LogP contribution is 2.27. The zero-order valence-corrected chi connectivity index (χ0v) is 10.9. The Labute approximate surface area is 112 Å². The molecule has 0 fully saturated rings. The van der Waals surface area contributed by atoms with Crippen molar-refractivity contribution in [2.75, 3.05) is 0 Å². The van der Waals surface area contributed by atoms with Crippen molar-refractivity contribution in [1.29, 1.82) is 0 Å². The first-order chi connectivity index (χ1) is 8.74. The maximum Gasteiger partial charge on any atom is 0.0441 e. The minimum absolute atomic E-state index is 0.820. The van der Waals surface area contributed by atoms with Gasteiger partial charge in [-0.1, -0.05) is 60.1 Å². The second-order valence-corrected chi connectivity index (χ2v) is 4.93. The Bertz CT molecular complexity index is 714. The van der Waals surface area contributed by atoms with Gasteiger partial charge in [-0.2, -0.15) is 0 Å². The van der Waals surface area contributed by atoms with Crippen LogP contribution in [0.4, 0.5) is 0 Å². The Hall–Kier alpha value is -1.79. The zero-order valence-electron chi connectivity index (χ0n) is 10.2. The van der Waals surface area contributed by atoms with Gasteiger partial charge >= 0.3 is 0 Å². The van der Waals surface area contributed by atoms with E-state index in [-0.39, 0.29) is 0 Å². The monoisotopic (exact) mass is 252 g/mol. The van der Waals surface area contributed by atoms with Crippen LogP contribution < -0.4 is 0 Å². The molecule has 88 valence electrons. The van der Waals surface area contributed by atoms with Crippen LogP contribution in [-0.2, 0) is 0 Å².